The molecule has 0 aromatic carbocycles. The number of hydrogen-bond acceptors (Lipinski definition) is 5. The van der Waals surface area contributed by atoms with E-state index < -0.39 is 0 Å². The highest BCUT2D eigenvalue weighted by Crippen LogP contribution is 1.99. The van der Waals surface area contributed by atoms with Gasteiger partial charge in [-0.25, -0.2) is 9.78 Å². The van der Waals surface area contributed by atoms with E-state index in [0.717, 1.165) is 24.9 Å². The van der Waals surface area contributed by atoms with Gasteiger partial charge in [-0.15, -0.1) is 0 Å². The van der Waals surface area contributed by atoms with Crippen LogP contribution in [0.2, 0.25) is 0 Å². The van der Waals surface area contributed by atoms with Gasteiger partial charge in [0.1, 0.15) is 6.33 Å². The number of hydrogen-bond donors (Lipinski definition) is 1. The Morgan fingerprint density at radius 2 is 2.32 bits per heavy atom. The largest absolute Gasteiger partial charge is 0.354 e. The van der Waals surface area contributed by atoms with Crippen molar-refractivity contribution in [2.24, 2.45) is 0 Å². The summed E-state index contributed by atoms with van der Waals surface area (Å²) in [5, 5.41) is 3.03. The fourth-order valence-electron chi connectivity index (χ4n) is 1.62. The molecule has 0 amide bonds. The molecule has 2 aromatic heterocycles. The molecule has 2 heterocycles. The van der Waals surface area contributed by atoms with Gasteiger partial charge in [0.05, 0.1) is 6.54 Å². The first-order chi connectivity index (χ1) is 9.29. The van der Waals surface area contributed by atoms with Gasteiger partial charge >= 0.3 is 5.69 Å². The smallest absolute Gasteiger partial charge is 0.352 e. The third-order valence-corrected chi connectivity index (χ3v) is 2.66. The van der Waals surface area contributed by atoms with Gasteiger partial charge in [-0.1, -0.05) is 19.4 Å². The number of anilines is 1. The number of nitrogens with one attached hydrogen (secondary N) is 1. The Labute approximate surface area is 111 Å². The number of rotatable bonds is 6. The van der Waals surface area contributed by atoms with E-state index >= 15 is 0 Å². The molecule has 0 unspecified atom stereocenters. The van der Waals surface area contributed by atoms with Crippen LogP contribution in [0.4, 0.5) is 5.95 Å². The van der Waals surface area contributed by atoms with Crippen molar-refractivity contribution in [3.05, 3.63) is 46.9 Å². The van der Waals surface area contributed by atoms with Gasteiger partial charge in [-0.05, 0) is 18.1 Å². The quantitative estimate of drug-likeness (QED) is 0.791. The monoisotopic (exact) mass is 259 g/mol. The molecule has 100 valence electrons. The molecule has 6 heteroatoms. The summed E-state index contributed by atoms with van der Waals surface area (Å²) in [4.78, 5) is 23.9. The van der Waals surface area contributed by atoms with Crippen LogP contribution < -0.4 is 11.0 Å². The molecular weight excluding hydrogens is 242 g/mol. The molecule has 0 aliphatic rings. The Bertz CT molecular complexity index is 567. The maximum Gasteiger partial charge on any atom is 0.352 e. The highest BCUT2D eigenvalue weighted by molar-refractivity contribution is 5.20. The minimum Gasteiger partial charge on any atom is -0.354 e. The average Bonchev–Trinajstić information content (AvgIpc) is 2.43. The number of pyridine rings is 1. The van der Waals surface area contributed by atoms with E-state index in [1.54, 1.807) is 12.4 Å². The van der Waals surface area contributed by atoms with Crippen molar-refractivity contribution in [3.63, 3.8) is 0 Å². The molecule has 0 saturated carbocycles. The lowest BCUT2D eigenvalue weighted by molar-refractivity contribution is 0.697. The van der Waals surface area contributed by atoms with Crippen molar-refractivity contribution < 1.29 is 0 Å². The standard InChI is InChI=1S/C13H17N5O/c1-2-3-7-15-12-16-10-18(13(19)17-12)9-11-5-4-6-14-8-11/h4-6,8,10H,2-3,7,9H2,1H3,(H,15,17,19). The maximum atomic E-state index is 11.8. The number of unbranched alkanes of at least 4 members (excludes halogenated alkanes) is 1. The molecule has 19 heavy (non-hydrogen) atoms. The zero-order chi connectivity index (χ0) is 13.5. The van der Waals surface area contributed by atoms with E-state index in [0.29, 0.717) is 12.5 Å². The lowest BCUT2D eigenvalue weighted by atomic mass is 10.3. The molecular formula is C13H17N5O. The molecule has 2 rings (SSSR count). The lowest BCUT2D eigenvalue weighted by Crippen LogP contribution is -2.25. The SMILES string of the molecule is CCCCNc1ncn(Cc2cccnc2)c(=O)n1. The summed E-state index contributed by atoms with van der Waals surface area (Å²) in [7, 11) is 0. The Kier molecular flexibility index (Phi) is 4.60. The van der Waals surface area contributed by atoms with Gasteiger partial charge in [0, 0.05) is 18.9 Å². The van der Waals surface area contributed by atoms with Gasteiger partial charge in [0.25, 0.3) is 0 Å². The van der Waals surface area contributed by atoms with Crippen LogP contribution in [0.25, 0.3) is 0 Å². The fourth-order valence-corrected chi connectivity index (χ4v) is 1.62. The van der Waals surface area contributed by atoms with E-state index in [9.17, 15) is 4.79 Å². The highest BCUT2D eigenvalue weighted by Gasteiger charge is 2.02. The summed E-state index contributed by atoms with van der Waals surface area (Å²) in [5.74, 6) is 0.390. The zero-order valence-corrected chi connectivity index (χ0v) is 10.9. The molecule has 0 radical (unpaired) electrons. The molecule has 6 nitrogen and oxygen atoms in total. The van der Waals surface area contributed by atoms with Crippen molar-refractivity contribution in [1.82, 2.24) is 19.5 Å². The molecule has 0 atom stereocenters. The van der Waals surface area contributed by atoms with Crippen molar-refractivity contribution in [2.45, 2.75) is 26.3 Å². The predicted molar refractivity (Wildman–Crippen MR) is 73.0 cm³/mol. The average molecular weight is 259 g/mol. The molecule has 0 fully saturated rings. The molecule has 0 saturated heterocycles. The first kappa shape index (κ1) is 13.2. The van der Waals surface area contributed by atoms with E-state index in [-0.39, 0.29) is 5.69 Å². The van der Waals surface area contributed by atoms with Crippen LogP contribution in [0.15, 0.2) is 35.6 Å². The summed E-state index contributed by atoms with van der Waals surface area (Å²) in [6, 6.07) is 3.74. The summed E-state index contributed by atoms with van der Waals surface area (Å²) in [5.41, 5.74) is 0.637. The van der Waals surface area contributed by atoms with Gasteiger partial charge < -0.3 is 5.32 Å². The van der Waals surface area contributed by atoms with Crippen LogP contribution in [0.3, 0.4) is 0 Å². The molecule has 0 aliphatic heterocycles. The number of aromatic nitrogens is 4. The van der Waals surface area contributed by atoms with Gasteiger partial charge in [0.2, 0.25) is 5.95 Å². The van der Waals surface area contributed by atoms with Crippen LogP contribution in [0, 0.1) is 0 Å². The second-order valence-electron chi connectivity index (χ2n) is 4.23. The molecule has 1 N–H and O–H groups in total. The lowest BCUT2D eigenvalue weighted by Gasteiger charge is -2.06. The third kappa shape index (κ3) is 3.87. The van der Waals surface area contributed by atoms with Crippen LogP contribution in [-0.2, 0) is 6.54 Å². The molecule has 2 aromatic rings. The second kappa shape index (κ2) is 6.63. The highest BCUT2D eigenvalue weighted by atomic mass is 16.1. The van der Waals surface area contributed by atoms with Gasteiger partial charge in [-0.3, -0.25) is 9.55 Å². The minimum atomic E-state index is -0.308. The normalized spacial score (nSPS) is 10.4. The van der Waals surface area contributed by atoms with Gasteiger partial charge in [-0.2, -0.15) is 4.98 Å². The van der Waals surface area contributed by atoms with Crippen LogP contribution in [0.5, 0.6) is 0 Å². The summed E-state index contributed by atoms with van der Waals surface area (Å²) in [6.07, 6.45) is 7.05. The second-order valence-corrected chi connectivity index (χ2v) is 4.23. The van der Waals surface area contributed by atoms with Crippen LogP contribution in [0.1, 0.15) is 25.3 Å². The summed E-state index contributed by atoms with van der Waals surface area (Å²) >= 11 is 0. The zero-order valence-electron chi connectivity index (χ0n) is 10.9. The van der Waals surface area contributed by atoms with Crippen molar-refractivity contribution in [3.8, 4) is 0 Å². The first-order valence-corrected chi connectivity index (χ1v) is 6.36. The van der Waals surface area contributed by atoms with Crippen molar-refractivity contribution in [2.75, 3.05) is 11.9 Å². The topological polar surface area (TPSA) is 72.7 Å². The van der Waals surface area contributed by atoms with E-state index in [1.165, 1.54) is 10.9 Å². The van der Waals surface area contributed by atoms with E-state index in [2.05, 4.69) is 27.2 Å². The van der Waals surface area contributed by atoms with Crippen LogP contribution >= 0.6 is 0 Å². The molecule has 0 spiro atoms. The van der Waals surface area contributed by atoms with Crippen molar-refractivity contribution >= 4 is 5.95 Å². The Balaban J connectivity index is 2.05. The van der Waals surface area contributed by atoms with Crippen molar-refractivity contribution in [1.29, 1.82) is 0 Å². The predicted octanol–water partition coefficient (Wildman–Crippen LogP) is 1.29. The van der Waals surface area contributed by atoms with E-state index in [4.69, 9.17) is 0 Å². The van der Waals surface area contributed by atoms with Crippen LogP contribution in [-0.4, -0.2) is 26.1 Å². The number of nitrogens with zero attached hydrogens (tertiary/aromatic N) is 4. The van der Waals surface area contributed by atoms with E-state index in [1.807, 2.05) is 12.1 Å². The first-order valence-electron chi connectivity index (χ1n) is 6.36. The Hall–Kier alpha value is -2.24. The minimum absolute atomic E-state index is 0.308. The third-order valence-electron chi connectivity index (χ3n) is 2.66. The summed E-state index contributed by atoms with van der Waals surface area (Å²) in [6.45, 7) is 3.32. The fraction of sp³-hybridized carbons (Fsp3) is 0.385. The summed E-state index contributed by atoms with van der Waals surface area (Å²) < 4.78 is 1.46. The molecule has 0 aliphatic carbocycles. The van der Waals surface area contributed by atoms with Gasteiger partial charge in [0.15, 0.2) is 0 Å². The maximum absolute atomic E-state index is 11.8. The molecule has 0 bridgehead atoms. The Morgan fingerprint density at radius 3 is 3.00 bits per heavy atom. The Morgan fingerprint density at radius 1 is 1.42 bits per heavy atom.